The summed E-state index contributed by atoms with van der Waals surface area (Å²) in [5, 5.41) is 3.42. The third kappa shape index (κ3) is 5.40. The van der Waals surface area contributed by atoms with E-state index >= 15 is 0 Å². The van der Waals surface area contributed by atoms with Crippen LogP contribution in [-0.4, -0.2) is 49.8 Å². The number of hydrogen-bond donors (Lipinski definition) is 3. The number of anilines is 1. The smallest absolute Gasteiger partial charge is 0.279 e. The minimum Gasteiger partial charge on any atom is -0.495 e. The summed E-state index contributed by atoms with van der Waals surface area (Å²) in [5.41, 5.74) is 1.06. The van der Waals surface area contributed by atoms with Gasteiger partial charge in [-0.1, -0.05) is 24.3 Å². The monoisotopic (exact) mass is 397 g/mol. The van der Waals surface area contributed by atoms with Gasteiger partial charge in [0.25, 0.3) is 11.5 Å². The molecule has 0 aliphatic heterocycles. The van der Waals surface area contributed by atoms with Gasteiger partial charge >= 0.3 is 0 Å². The SMILES string of the molecule is COCC[NH+](CC(=O)Nc1ccccc1OC)Cc1nc2ccccc2c(=O)[nH]1. The molecule has 0 bridgehead atoms. The van der Waals surface area contributed by atoms with Crippen LogP contribution in [0.2, 0.25) is 0 Å². The van der Waals surface area contributed by atoms with Crippen LogP contribution >= 0.6 is 0 Å². The fraction of sp³-hybridized carbons (Fsp3) is 0.286. The van der Waals surface area contributed by atoms with Crippen molar-refractivity contribution >= 4 is 22.5 Å². The van der Waals surface area contributed by atoms with Crippen molar-refractivity contribution in [2.45, 2.75) is 6.54 Å². The largest absolute Gasteiger partial charge is 0.495 e. The zero-order valence-corrected chi connectivity index (χ0v) is 16.5. The number of amides is 1. The van der Waals surface area contributed by atoms with Crippen molar-refractivity contribution in [3.8, 4) is 5.75 Å². The molecule has 1 amide bonds. The maximum Gasteiger partial charge on any atom is 0.279 e. The van der Waals surface area contributed by atoms with Gasteiger partial charge in [0.1, 0.15) is 18.8 Å². The Balaban J connectivity index is 1.74. The van der Waals surface area contributed by atoms with Crippen molar-refractivity contribution in [2.24, 2.45) is 0 Å². The van der Waals surface area contributed by atoms with E-state index in [0.29, 0.717) is 47.9 Å². The van der Waals surface area contributed by atoms with Crippen LogP contribution in [0.1, 0.15) is 5.82 Å². The highest BCUT2D eigenvalue weighted by Gasteiger charge is 2.18. The fourth-order valence-electron chi connectivity index (χ4n) is 3.11. The molecular weight excluding hydrogens is 372 g/mol. The molecule has 0 saturated heterocycles. The van der Waals surface area contributed by atoms with Gasteiger partial charge in [0.05, 0.1) is 30.3 Å². The van der Waals surface area contributed by atoms with E-state index < -0.39 is 0 Å². The van der Waals surface area contributed by atoms with Gasteiger partial charge in [-0.3, -0.25) is 9.59 Å². The van der Waals surface area contributed by atoms with Crippen molar-refractivity contribution in [3.63, 3.8) is 0 Å². The molecule has 0 saturated carbocycles. The number of H-pyrrole nitrogens is 1. The highest BCUT2D eigenvalue weighted by Crippen LogP contribution is 2.22. The number of methoxy groups -OCH3 is 2. The van der Waals surface area contributed by atoms with E-state index in [4.69, 9.17) is 9.47 Å². The van der Waals surface area contributed by atoms with E-state index in [2.05, 4.69) is 15.3 Å². The number of rotatable bonds is 9. The number of nitrogens with zero attached hydrogens (tertiary/aromatic N) is 1. The van der Waals surface area contributed by atoms with Gasteiger partial charge in [-0.2, -0.15) is 0 Å². The quantitative estimate of drug-likeness (QED) is 0.491. The first-order valence-corrected chi connectivity index (χ1v) is 9.34. The summed E-state index contributed by atoms with van der Waals surface area (Å²) >= 11 is 0. The lowest BCUT2D eigenvalue weighted by Gasteiger charge is -2.19. The van der Waals surface area contributed by atoms with Crippen molar-refractivity contribution in [2.75, 3.05) is 39.2 Å². The summed E-state index contributed by atoms with van der Waals surface area (Å²) in [4.78, 5) is 33.2. The first kappa shape index (κ1) is 20.5. The molecule has 2 aromatic carbocycles. The summed E-state index contributed by atoms with van der Waals surface area (Å²) in [5.74, 6) is 0.966. The predicted octanol–water partition coefficient (Wildman–Crippen LogP) is 0.602. The number of aromatic amines is 1. The molecule has 3 N–H and O–H groups in total. The van der Waals surface area contributed by atoms with Crippen LogP contribution in [0.4, 0.5) is 5.69 Å². The second-order valence-corrected chi connectivity index (χ2v) is 6.62. The van der Waals surface area contributed by atoms with Gasteiger partial charge in [-0.25, -0.2) is 4.98 Å². The number of ether oxygens (including phenoxy) is 2. The van der Waals surface area contributed by atoms with E-state index in [1.54, 1.807) is 44.6 Å². The van der Waals surface area contributed by atoms with E-state index in [1.165, 1.54) is 0 Å². The summed E-state index contributed by atoms with van der Waals surface area (Å²) in [6.45, 7) is 1.65. The molecule has 0 aliphatic rings. The second kappa shape index (κ2) is 9.81. The number of quaternary nitrogens is 1. The van der Waals surface area contributed by atoms with Crippen molar-refractivity contribution in [1.82, 2.24) is 9.97 Å². The minimum atomic E-state index is -0.185. The molecule has 3 rings (SSSR count). The molecule has 1 unspecified atom stereocenters. The van der Waals surface area contributed by atoms with E-state index in [9.17, 15) is 9.59 Å². The second-order valence-electron chi connectivity index (χ2n) is 6.62. The minimum absolute atomic E-state index is 0.163. The van der Waals surface area contributed by atoms with Crippen LogP contribution in [0.15, 0.2) is 53.3 Å². The van der Waals surface area contributed by atoms with Gasteiger partial charge in [-0.05, 0) is 24.3 Å². The molecule has 29 heavy (non-hydrogen) atoms. The average molecular weight is 397 g/mol. The van der Waals surface area contributed by atoms with Crippen LogP contribution in [0.25, 0.3) is 10.9 Å². The Hall–Kier alpha value is -3.23. The molecule has 0 aliphatic carbocycles. The van der Waals surface area contributed by atoms with Gasteiger partial charge < -0.3 is 24.7 Å². The third-order valence-corrected chi connectivity index (χ3v) is 4.53. The Bertz CT molecular complexity index is 1030. The van der Waals surface area contributed by atoms with E-state index in [1.807, 2.05) is 18.2 Å². The first-order chi connectivity index (χ1) is 14.1. The van der Waals surface area contributed by atoms with E-state index in [-0.39, 0.29) is 18.0 Å². The molecule has 1 heterocycles. The third-order valence-electron chi connectivity index (χ3n) is 4.53. The Kier molecular flexibility index (Phi) is 6.94. The Labute approximate surface area is 168 Å². The lowest BCUT2D eigenvalue weighted by Crippen LogP contribution is -3.12. The molecule has 0 spiro atoms. The van der Waals surface area contributed by atoms with Crippen molar-refractivity contribution in [1.29, 1.82) is 0 Å². The summed E-state index contributed by atoms with van der Waals surface area (Å²) < 4.78 is 10.5. The highest BCUT2D eigenvalue weighted by atomic mass is 16.5. The molecule has 0 fully saturated rings. The normalized spacial score (nSPS) is 11.9. The number of fused-ring (bicyclic) bond motifs is 1. The fourth-order valence-corrected chi connectivity index (χ4v) is 3.11. The number of carbonyl (C=O) groups excluding carboxylic acids is 1. The molecule has 8 nitrogen and oxygen atoms in total. The van der Waals surface area contributed by atoms with Crippen molar-refractivity contribution in [3.05, 3.63) is 64.7 Å². The number of para-hydroxylation sites is 3. The molecular formula is C21H25N4O4+. The van der Waals surface area contributed by atoms with Crippen LogP contribution in [-0.2, 0) is 16.1 Å². The van der Waals surface area contributed by atoms with Crippen LogP contribution in [0.5, 0.6) is 5.75 Å². The van der Waals surface area contributed by atoms with Gasteiger partial charge in [0.2, 0.25) is 0 Å². The Morgan fingerprint density at radius 2 is 1.90 bits per heavy atom. The number of hydrogen-bond acceptors (Lipinski definition) is 5. The molecule has 1 aromatic heterocycles. The molecule has 3 aromatic rings. The maximum absolute atomic E-state index is 12.6. The van der Waals surface area contributed by atoms with E-state index in [0.717, 1.165) is 4.90 Å². The van der Waals surface area contributed by atoms with Gasteiger partial charge in [0, 0.05) is 7.11 Å². The van der Waals surface area contributed by atoms with Crippen LogP contribution < -0.4 is 20.5 Å². The van der Waals surface area contributed by atoms with Gasteiger partial charge in [-0.15, -0.1) is 0 Å². The van der Waals surface area contributed by atoms with Crippen LogP contribution in [0.3, 0.4) is 0 Å². The zero-order valence-electron chi connectivity index (χ0n) is 16.5. The Morgan fingerprint density at radius 1 is 1.14 bits per heavy atom. The maximum atomic E-state index is 12.6. The topological polar surface area (TPSA) is 97.8 Å². The highest BCUT2D eigenvalue weighted by molar-refractivity contribution is 5.92. The lowest BCUT2D eigenvalue weighted by atomic mass is 10.2. The number of nitrogens with one attached hydrogen (secondary N) is 3. The average Bonchev–Trinajstić information content (AvgIpc) is 2.72. The molecule has 0 radical (unpaired) electrons. The molecule has 1 atom stereocenters. The number of benzene rings is 2. The molecule has 152 valence electrons. The standard InChI is InChI=1S/C21H24N4O4/c1-28-12-11-25(14-20(26)23-17-9-5-6-10-18(17)29-2)13-19-22-16-8-4-3-7-15(16)21(27)24-19/h3-10H,11-14H2,1-2H3,(H,23,26)(H,22,24,27)/p+1. The van der Waals surface area contributed by atoms with Crippen LogP contribution in [0, 0.1) is 0 Å². The van der Waals surface area contributed by atoms with Gasteiger partial charge in [0.15, 0.2) is 12.4 Å². The Morgan fingerprint density at radius 3 is 2.69 bits per heavy atom. The summed E-state index contributed by atoms with van der Waals surface area (Å²) in [6, 6.07) is 14.4. The number of carbonyl (C=O) groups is 1. The summed E-state index contributed by atoms with van der Waals surface area (Å²) in [7, 11) is 3.17. The summed E-state index contributed by atoms with van der Waals surface area (Å²) in [6.07, 6.45) is 0. The lowest BCUT2D eigenvalue weighted by molar-refractivity contribution is -0.906. The predicted molar refractivity (Wildman–Crippen MR) is 110 cm³/mol. The first-order valence-electron chi connectivity index (χ1n) is 9.34. The van der Waals surface area contributed by atoms with Crippen molar-refractivity contribution < 1.29 is 19.2 Å². The molecule has 8 heteroatoms. The number of aromatic nitrogens is 2. The zero-order chi connectivity index (χ0) is 20.6.